The summed E-state index contributed by atoms with van der Waals surface area (Å²) in [6, 6.07) is 14.3. The Bertz CT molecular complexity index is 1400. The minimum Gasteiger partial charge on any atom is -0.497 e. The van der Waals surface area contributed by atoms with Gasteiger partial charge in [0.2, 0.25) is 0 Å². The number of aliphatic hydroxyl groups excluding tert-OH is 1. The van der Waals surface area contributed by atoms with E-state index in [1.165, 1.54) is 19.2 Å². The Kier molecular flexibility index (Phi) is 9.28. The predicted octanol–water partition coefficient (Wildman–Crippen LogP) is 3.24. The molecule has 1 aliphatic rings. The van der Waals surface area contributed by atoms with Crippen molar-refractivity contribution in [1.82, 2.24) is 14.8 Å². The summed E-state index contributed by atoms with van der Waals surface area (Å²) in [5, 5.41) is 9.91. The number of methoxy groups -OCH3 is 1. The average Bonchev–Trinajstić information content (AvgIpc) is 2.95. The van der Waals surface area contributed by atoms with Crippen molar-refractivity contribution in [3.8, 4) is 11.5 Å². The summed E-state index contributed by atoms with van der Waals surface area (Å²) in [4.78, 5) is 21.6. The van der Waals surface area contributed by atoms with Crippen LogP contribution in [-0.2, 0) is 16.6 Å². The molecular weight excluding hydrogens is 532 g/mol. The summed E-state index contributed by atoms with van der Waals surface area (Å²) in [5.74, 6) is 0.229. The number of carbonyl (C=O) groups excluding carboxylic acids is 1. The van der Waals surface area contributed by atoms with Gasteiger partial charge in [0.25, 0.3) is 15.9 Å². The van der Waals surface area contributed by atoms with E-state index in [1.54, 1.807) is 54.5 Å². The number of aromatic nitrogens is 1. The van der Waals surface area contributed by atoms with Crippen LogP contribution in [0, 0.1) is 5.92 Å². The van der Waals surface area contributed by atoms with Crippen molar-refractivity contribution in [3.63, 3.8) is 0 Å². The van der Waals surface area contributed by atoms with Gasteiger partial charge in [0.1, 0.15) is 11.9 Å². The van der Waals surface area contributed by atoms with Gasteiger partial charge in [-0.3, -0.25) is 19.4 Å². The third-order valence-corrected chi connectivity index (χ3v) is 8.38. The molecule has 0 aliphatic carbocycles. The normalized spacial score (nSPS) is 18.4. The van der Waals surface area contributed by atoms with Crippen LogP contribution in [0.15, 0.2) is 71.9 Å². The lowest BCUT2D eigenvalue weighted by Crippen LogP contribution is -2.49. The Morgan fingerprint density at radius 1 is 1.18 bits per heavy atom. The molecular formula is C29H36N4O6S. The molecule has 0 fully saturated rings. The quantitative estimate of drug-likeness (QED) is 0.382. The maximum atomic E-state index is 13.7. The molecule has 2 N–H and O–H groups in total. The topological polar surface area (TPSA) is 121 Å². The molecule has 3 atom stereocenters. The molecule has 0 saturated carbocycles. The fourth-order valence-electron chi connectivity index (χ4n) is 4.67. The van der Waals surface area contributed by atoms with E-state index >= 15 is 0 Å². The SMILES string of the molecule is COc1ccc(S(=O)(=O)Nc2cccc3c2O[C@@H](CN(C)Cc2ccncc2)[C@@H](C)CN([C@@H](C)CO)C3=O)cc1. The van der Waals surface area contributed by atoms with E-state index in [1.807, 2.05) is 26.1 Å². The van der Waals surface area contributed by atoms with Crippen molar-refractivity contribution in [2.24, 2.45) is 5.92 Å². The number of hydrogen-bond acceptors (Lipinski definition) is 8. The van der Waals surface area contributed by atoms with Crippen molar-refractivity contribution < 1.29 is 27.8 Å². The van der Waals surface area contributed by atoms with Gasteiger partial charge < -0.3 is 19.5 Å². The second-order valence-electron chi connectivity index (χ2n) is 10.1. The summed E-state index contributed by atoms with van der Waals surface area (Å²) >= 11 is 0. The van der Waals surface area contributed by atoms with Crippen LogP contribution in [0.5, 0.6) is 11.5 Å². The number of fused-ring (bicyclic) bond motifs is 1. The molecule has 2 heterocycles. The molecule has 1 aliphatic heterocycles. The van der Waals surface area contributed by atoms with Crippen molar-refractivity contribution in [1.29, 1.82) is 0 Å². The first-order chi connectivity index (χ1) is 19.1. The summed E-state index contributed by atoms with van der Waals surface area (Å²) in [7, 11) is -0.522. The van der Waals surface area contributed by atoms with Gasteiger partial charge in [-0.1, -0.05) is 13.0 Å². The van der Waals surface area contributed by atoms with Crippen LogP contribution in [0.2, 0.25) is 0 Å². The summed E-state index contributed by atoms with van der Waals surface area (Å²) in [6.07, 6.45) is 3.10. The van der Waals surface area contributed by atoms with Gasteiger partial charge in [-0.2, -0.15) is 0 Å². The highest BCUT2D eigenvalue weighted by molar-refractivity contribution is 7.92. The van der Waals surface area contributed by atoms with Gasteiger partial charge in [0.15, 0.2) is 5.75 Å². The molecule has 0 unspecified atom stereocenters. The van der Waals surface area contributed by atoms with Crippen LogP contribution < -0.4 is 14.2 Å². The molecule has 0 bridgehead atoms. The first-order valence-corrected chi connectivity index (χ1v) is 14.6. The first-order valence-electron chi connectivity index (χ1n) is 13.1. The summed E-state index contributed by atoms with van der Waals surface area (Å²) < 4.78 is 40.9. The lowest BCUT2D eigenvalue weighted by atomic mass is 9.99. The van der Waals surface area contributed by atoms with Gasteiger partial charge in [0.05, 0.1) is 35.9 Å². The number of carbonyl (C=O) groups is 1. The number of aliphatic hydroxyl groups is 1. The minimum absolute atomic E-state index is 0.0422. The Morgan fingerprint density at radius 2 is 1.88 bits per heavy atom. The lowest BCUT2D eigenvalue weighted by Gasteiger charge is -2.38. The van der Waals surface area contributed by atoms with E-state index in [2.05, 4.69) is 14.6 Å². The number of ether oxygens (including phenoxy) is 2. The number of rotatable bonds is 10. The number of para-hydroxylation sites is 1. The van der Waals surface area contributed by atoms with E-state index in [0.717, 1.165) is 5.56 Å². The van der Waals surface area contributed by atoms with Gasteiger partial charge in [0, 0.05) is 37.9 Å². The standard InChI is InChI=1S/C29H36N4O6S/c1-20-16-33(21(2)19-34)29(35)25-6-5-7-26(31-40(36,37)24-10-8-23(38-4)9-11-24)28(25)39-27(20)18-32(3)17-22-12-14-30-15-13-22/h5-15,20-21,27,31,34H,16-19H2,1-4H3/t20-,21-,27-/m0/s1. The Labute approximate surface area is 235 Å². The second kappa shape index (κ2) is 12.7. The van der Waals surface area contributed by atoms with Crippen LogP contribution in [0.3, 0.4) is 0 Å². The van der Waals surface area contributed by atoms with Crippen molar-refractivity contribution in [2.45, 2.75) is 37.4 Å². The number of benzene rings is 2. The van der Waals surface area contributed by atoms with E-state index in [-0.39, 0.29) is 40.3 Å². The number of nitrogens with zero attached hydrogens (tertiary/aromatic N) is 3. The number of hydrogen-bond donors (Lipinski definition) is 2. The first kappa shape index (κ1) is 29.3. The third kappa shape index (κ3) is 6.72. The van der Waals surface area contributed by atoms with Crippen LogP contribution in [0.1, 0.15) is 29.8 Å². The zero-order chi connectivity index (χ0) is 28.9. The molecule has 10 nitrogen and oxygen atoms in total. The molecule has 1 amide bonds. The fraction of sp³-hybridized carbons (Fsp3) is 0.379. The summed E-state index contributed by atoms with van der Waals surface area (Å²) in [5.41, 5.74) is 1.48. The molecule has 0 saturated heterocycles. The smallest absolute Gasteiger partial charge is 0.262 e. The van der Waals surface area contributed by atoms with E-state index in [9.17, 15) is 18.3 Å². The molecule has 40 heavy (non-hydrogen) atoms. The number of likely N-dealkylation sites (N-methyl/N-ethyl adjacent to an activating group) is 1. The monoisotopic (exact) mass is 568 g/mol. The third-order valence-electron chi connectivity index (χ3n) is 7.00. The highest BCUT2D eigenvalue weighted by Gasteiger charge is 2.35. The van der Waals surface area contributed by atoms with Crippen molar-refractivity contribution in [2.75, 3.05) is 38.6 Å². The number of nitrogens with one attached hydrogen (secondary N) is 1. The zero-order valence-corrected chi connectivity index (χ0v) is 24.0. The Hall–Kier alpha value is -3.67. The highest BCUT2D eigenvalue weighted by atomic mass is 32.2. The Balaban J connectivity index is 1.70. The van der Waals surface area contributed by atoms with Crippen LogP contribution in [0.25, 0.3) is 0 Å². The molecule has 214 valence electrons. The minimum atomic E-state index is -4.01. The molecule has 4 rings (SSSR count). The maximum Gasteiger partial charge on any atom is 0.262 e. The number of anilines is 1. The van der Waals surface area contributed by atoms with Crippen molar-refractivity contribution in [3.05, 3.63) is 78.1 Å². The van der Waals surface area contributed by atoms with E-state index in [0.29, 0.717) is 25.4 Å². The van der Waals surface area contributed by atoms with Crippen LogP contribution in [0.4, 0.5) is 5.69 Å². The molecule has 11 heteroatoms. The summed E-state index contributed by atoms with van der Waals surface area (Å²) in [6.45, 7) is 5.11. The van der Waals surface area contributed by atoms with Crippen molar-refractivity contribution >= 4 is 21.6 Å². The second-order valence-corrected chi connectivity index (χ2v) is 11.8. The molecule has 1 aromatic heterocycles. The van der Waals surface area contributed by atoms with Gasteiger partial charge >= 0.3 is 0 Å². The Morgan fingerprint density at radius 3 is 2.52 bits per heavy atom. The average molecular weight is 569 g/mol. The van der Waals surface area contributed by atoms with Gasteiger partial charge in [-0.05, 0) is 68.1 Å². The molecule has 2 aromatic carbocycles. The van der Waals surface area contributed by atoms with Gasteiger partial charge in [-0.15, -0.1) is 0 Å². The number of amides is 1. The van der Waals surface area contributed by atoms with Gasteiger partial charge in [-0.25, -0.2) is 8.42 Å². The molecule has 0 radical (unpaired) electrons. The maximum absolute atomic E-state index is 13.7. The molecule has 0 spiro atoms. The lowest BCUT2D eigenvalue weighted by molar-refractivity contribution is 0.0344. The fourth-order valence-corrected chi connectivity index (χ4v) is 5.73. The largest absolute Gasteiger partial charge is 0.497 e. The predicted molar refractivity (Wildman–Crippen MR) is 152 cm³/mol. The number of pyridine rings is 1. The number of sulfonamides is 1. The van der Waals surface area contributed by atoms with E-state index in [4.69, 9.17) is 9.47 Å². The van der Waals surface area contributed by atoms with E-state index < -0.39 is 22.2 Å². The van der Waals surface area contributed by atoms with Crippen LogP contribution >= 0.6 is 0 Å². The highest BCUT2D eigenvalue weighted by Crippen LogP contribution is 2.36. The molecule has 3 aromatic rings. The zero-order valence-electron chi connectivity index (χ0n) is 23.1. The van der Waals surface area contributed by atoms with Crippen LogP contribution in [-0.4, -0.2) is 80.2 Å².